The minimum atomic E-state index is -0.0428. The highest BCUT2D eigenvalue weighted by atomic mass is 79.9. The molecule has 1 heterocycles. The fourth-order valence-corrected chi connectivity index (χ4v) is 1.96. The van der Waals surface area contributed by atoms with Gasteiger partial charge in [-0.1, -0.05) is 24.3 Å². The van der Waals surface area contributed by atoms with Crippen LogP contribution in [0.5, 0.6) is 0 Å². The lowest BCUT2D eigenvalue weighted by atomic mass is 10.1. The number of pyridine rings is 1. The van der Waals surface area contributed by atoms with E-state index < -0.39 is 0 Å². The number of hydrogen-bond acceptors (Lipinski definition) is 2. The molecular weight excluding hydrogens is 282 g/mol. The molecule has 0 saturated carbocycles. The second kappa shape index (κ2) is 5.29. The first-order chi connectivity index (χ1) is 8.20. The summed E-state index contributed by atoms with van der Waals surface area (Å²) in [5, 5.41) is 8.94. The number of rotatable bonds is 3. The molecule has 0 spiro atoms. The highest BCUT2D eigenvalue weighted by Gasteiger charge is 2.01. The highest BCUT2D eigenvalue weighted by molar-refractivity contribution is 9.10. The molecule has 1 N–H and O–H groups in total. The van der Waals surface area contributed by atoms with Gasteiger partial charge in [0.2, 0.25) is 0 Å². The van der Waals surface area contributed by atoms with Crippen molar-refractivity contribution in [2.45, 2.75) is 13.2 Å². The van der Waals surface area contributed by atoms with Gasteiger partial charge in [0.25, 0.3) is 5.56 Å². The molecule has 3 nitrogen and oxygen atoms in total. The number of halogens is 1. The van der Waals surface area contributed by atoms with Crippen molar-refractivity contribution in [2.24, 2.45) is 0 Å². The van der Waals surface area contributed by atoms with Gasteiger partial charge in [-0.05, 0) is 39.2 Å². The first kappa shape index (κ1) is 12.1. The molecule has 17 heavy (non-hydrogen) atoms. The Hall–Kier alpha value is -1.39. The molecule has 0 aliphatic heterocycles. The minimum Gasteiger partial charge on any atom is -0.392 e. The zero-order valence-electron chi connectivity index (χ0n) is 9.14. The van der Waals surface area contributed by atoms with E-state index in [1.54, 1.807) is 16.8 Å². The smallest absolute Gasteiger partial charge is 0.265 e. The van der Waals surface area contributed by atoms with Gasteiger partial charge in [-0.3, -0.25) is 4.79 Å². The summed E-state index contributed by atoms with van der Waals surface area (Å²) in [6.45, 7) is 0.571. The SMILES string of the molecule is O=c1c(Br)cccn1Cc1ccc(CO)cc1. The van der Waals surface area contributed by atoms with Gasteiger partial charge in [0, 0.05) is 6.20 Å². The average Bonchev–Trinajstić information content (AvgIpc) is 2.36. The van der Waals surface area contributed by atoms with E-state index in [0.717, 1.165) is 11.1 Å². The van der Waals surface area contributed by atoms with Crippen molar-refractivity contribution in [3.05, 3.63) is 68.5 Å². The molecule has 0 saturated heterocycles. The lowest BCUT2D eigenvalue weighted by Gasteiger charge is -2.06. The van der Waals surface area contributed by atoms with Gasteiger partial charge in [0.05, 0.1) is 17.6 Å². The van der Waals surface area contributed by atoms with E-state index in [4.69, 9.17) is 5.11 Å². The Morgan fingerprint density at radius 2 is 1.76 bits per heavy atom. The molecule has 4 heteroatoms. The van der Waals surface area contributed by atoms with Crippen LogP contribution in [0.4, 0.5) is 0 Å². The first-order valence-electron chi connectivity index (χ1n) is 5.24. The van der Waals surface area contributed by atoms with Crippen molar-refractivity contribution in [3.8, 4) is 0 Å². The topological polar surface area (TPSA) is 42.2 Å². The Bertz CT molecular complexity index is 560. The maximum Gasteiger partial charge on any atom is 0.265 e. The fourth-order valence-electron chi connectivity index (χ4n) is 1.58. The monoisotopic (exact) mass is 293 g/mol. The molecule has 1 aromatic carbocycles. The molecule has 0 fully saturated rings. The summed E-state index contributed by atoms with van der Waals surface area (Å²) >= 11 is 3.22. The average molecular weight is 294 g/mol. The van der Waals surface area contributed by atoms with E-state index in [0.29, 0.717) is 11.0 Å². The fraction of sp³-hybridized carbons (Fsp3) is 0.154. The maximum atomic E-state index is 11.8. The Kier molecular flexibility index (Phi) is 3.76. The van der Waals surface area contributed by atoms with Gasteiger partial charge < -0.3 is 9.67 Å². The van der Waals surface area contributed by atoms with Gasteiger partial charge in [0.1, 0.15) is 0 Å². The van der Waals surface area contributed by atoms with Crippen molar-refractivity contribution in [3.63, 3.8) is 0 Å². The Morgan fingerprint density at radius 1 is 1.12 bits per heavy atom. The van der Waals surface area contributed by atoms with Crippen LogP contribution in [-0.2, 0) is 13.2 Å². The lowest BCUT2D eigenvalue weighted by Crippen LogP contribution is -2.20. The van der Waals surface area contributed by atoms with Crippen LogP contribution in [0.3, 0.4) is 0 Å². The van der Waals surface area contributed by atoms with E-state index in [2.05, 4.69) is 15.9 Å². The van der Waals surface area contributed by atoms with Crippen LogP contribution < -0.4 is 5.56 Å². The first-order valence-corrected chi connectivity index (χ1v) is 6.03. The van der Waals surface area contributed by atoms with Gasteiger partial charge in [0.15, 0.2) is 0 Å². The second-order valence-corrected chi connectivity index (χ2v) is 4.62. The van der Waals surface area contributed by atoms with Crippen molar-refractivity contribution in [1.29, 1.82) is 0 Å². The Balaban J connectivity index is 2.25. The lowest BCUT2D eigenvalue weighted by molar-refractivity contribution is 0.282. The molecule has 0 atom stereocenters. The molecule has 0 bridgehead atoms. The van der Waals surface area contributed by atoms with Crippen molar-refractivity contribution < 1.29 is 5.11 Å². The number of aliphatic hydroxyl groups excluding tert-OH is 1. The van der Waals surface area contributed by atoms with Crippen molar-refractivity contribution in [1.82, 2.24) is 4.57 Å². The van der Waals surface area contributed by atoms with Crippen LogP contribution in [0.25, 0.3) is 0 Å². The van der Waals surface area contributed by atoms with Gasteiger partial charge in [-0.15, -0.1) is 0 Å². The maximum absolute atomic E-state index is 11.8. The van der Waals surface area contributed by atoms with E-state index in [1.165, 1.54) is 0 Å². The molecule has 0 amide bonds. The molecule has 0 aliphatic rings. The third-order valence-corrected chi connectivity index (χ3v) is 3.14. The minimum absolute atomic E-state index is 0.0388. The molecule has 1 aromatic heterocycles. The summed E-state index contributed by atoms with van der Waals surface area (Å²) in [4.78, 5) is 11.8. The molecule has 0 unspecified atom stereocenters. The third-order valence-electron chi connectivity index (χ3n) is 2.53. The van der Waals surface area contributed by atoms with Crippen LogP contribution in [0.2, 0.25) is 0 Å². The summed E-state index contributed by atoms with van der Waals surface area (Å²) in [5.74, 6) is 0. The number of nitrogens with zero attached hydrogens (tertiary/aromatic N) is 1. The summed E-state index contributed by atoms with van der Waals surface area (Å²) < 4.78 is 2.20. The molecular formula is C13H12BrNO2. The summed E-state index contributed by atoms with van der Waals surface area (Å²) in [6, 6.07) is 11.1. The predicted octanol–water partition coefficient (Wildman–Crippen LogP) is 2.15. The zero-order chi connectivity index (χ0) is 12.3. The molecule has 0 aliphatic carbocycles. The third kappa shape index (κ3) is 2.84. The van der Waals surface area contributed by atoms with E-state index in [1.807, 2.05) is 30.3 Å². The second-order valence-electron chi connectivity index (χ2n) is 3.76. The van der Waals surface area contributed by atoms with Crippen molar-refractivity contribution in [2.75, 3.05) is 0 Å². The number of aliphatic hydroxyl groups is 1. The van der Waals surface area contributed by atoms with Crippen LogP contribution in [0.15, 0.2) is 51.9 Å². The predicted molar refractivity (Wildman–Crippen MR) is 69.9 cm³/mol. The number of benzene rings is 1. The Labute approximate surface area is 107 Å². The zero-order valence-corrected chi connectivity index (χ0v) is 10.7. The number of hydrogen-bond donors (Lipinski definition) is 1. The van der Waals surface area contributed by atoms with Crippen LogP contribution in [0.1, 0.15) is 11.1 Å². The quantitative estimate of drug-likeness (QED) is 0.942. The molecule has 2 rings (SSSR count). The summed E-state index contributed by atoms with van der Waals surface area (Å²) in [5.41, 5.74) is 1.86. The van der Waals surface area contributed by atoms with Crippen molar-refractivity contribution >= 4 is 15.9 Å². The van der Waals surface area contributed by atoms with E-state index in [-0.39, 0.29) is 12.2 Å². The largest absolute Gasteiger partial charge is 0.392 e. The molecule has 0 radical (unpaired) electrons. The van der Waals surface area contributed by atoms with Gasteiger partial charge >= 0.3 is 0 Å². The highest BCUT2D eigenvalue weighted by Crippen LogP contribution is 2.07. The summed E-state index contributed by atoms with van der Waals surface area (Å²) in [6.07, 6.45) is 1.76. The van der Waals surface area contributed by atoms with E-state index in [9.17, 15) is 4.79 Å². The summed E-state index contributed by atoms with van der Waals surface area (Å²) in [7, 11) is 0. The van der Waals surface area contributed by atoms with Crippen LogP contribution in [-0.4, -0.2) is 9.67 Å². The Morgan fingerprint density at radius 3 is 2.41 bits per heavy atom. The van der Waals surface area contributed by atoms with Crippen LogP contribution in [0, 0.1) is 0 Å². The molecule has 88 valence electrons. The molecule has 2 aromatic rings. The van der Waals surface area contributed by atoms with Gasteiger partial charge in [-0.25, -0.2) is 0 Å². The normalized spacial score (nSPS) is 10.5. The standard InChI is InChI=1S/C13H12BrNO2/c14-12-2-1-7-15(13(12)17)8-10-3-5-11(9-16)6-4-10/h1-7,16H,8-9H2. The van der Waals surface area contributed by atoms with Gasteiger partial charge in [-0.2, -0.15) is 0 Å². The van der Waals surface area contributed by atoms with Crippen LogP contribution >= 0.6 is 15.9 Å². The van der Waals surface area contributed by atoms with E-state index >= 15 is 0 Å². The number of aromatic nitrogens is 1.